The van der Waals surface area contributed by atoms with Gasteiger partial charge < -0.3 is 10.2 Å². The van der Waals surface area contributed by atoms with Crippen molar-refractivity contribution in [2.45, 2.75) is 23.8 Å². The fourth-order valence-electron chi connectivity index (χ4n) is 3.95. The van der Waals surface area contributed by atoms with Gasteiger partial charge in [-0.3, -0.25) is 4.79 Å². The highest BCUT2D eigenvalue weighted by molar-refractivity contribution is 7.89. The molecule has 0 bridgehead atoms. The maximum Gasteiger partial charge on any atom is 0.243 e. The van der Waals surface area contributed by atoms with Gasteiger partial charge in [-0.1, -0.05) is 17.7 Å². The maximum atomic E-state index is 12.9. The lowest BCUT2D eigenvalue weighted by Crippen LogP contribution is -2.61. The Morgan fingerprint density at radius 3 is 2.79 bits per heavy atom. The molecule has 1 aromatic rings. The smallest absolute Gasteiger partial charge is 0.243 e. The lowest BCUT2D eigenvalue weighted by Gasteiger charge is -2.43. The molecule has 0 aromatic heterocycles. The van der Waals surface area contributed by atoms with Crippen molar-refractivity contribution in [2.75, 3.05) is 33.2 Å². The lowest BCUT2D eigenvalue weighted by molar-refractivity contribution is -0.121. The highest BCUT2D eigenvalue weighted by atomic mass is 35.5. The Bertz CT molecular complexity index is 755. The standard InChI is InChI=1S/C16H22ClN3O3S/c1-12(21)18-16-6-7-20(10-13(16)9-19(2)11-16)24(22,23)15-5-3-4-14(17)8-15/h3-5,8,13H,6-7,9-11H2,1-2H3,(H,18,21)/t13-,16+/m0/s1. The third-order valence-corrected chi connectivity index (χ3v) is 7.05. The molecule has 2 saturated heterocycles. The summed E-state index contributed by atoms with van der Waals surface area (Å²) in [5, 5.41) is 3.49. The maximum absolute atomic E-state index is 12.9. The predicted molar refractivity (Wildman–Crippen MR) is 92.4 cm³/mol. The Morgan fingerprint density at radius 2 is 2.12 bits per heavy atom. The molecule has 0 unspecified atom stereocenters. The predicted octanol–water partition coefficient (Wildman–Crippen LogP) is 1.17. The zero-order valence-corrected chi connectivity index (χ0v) is 15.4. The Balaban J connectivity index is 1.85. The number of halogens is 1. The number of likely N-dealkylation sites (tertiary alicyclic amines) is 1. The third-order valence-electron chi connectivity index (χ3n) is 4.96. The average molecular weight is 372 g/mol. The molecule has 0 spiro atoms. The van der Waals surface area contributed by atoms with Crippen LogP contribution in [0.1, 0.15) is 13.3 Å². The van der Waals surface area contributed by atoms with E-state index in [0.717, 1.165) is 13.1 Å². The number of piperidine rings is 1. The molecular weight excluding hydrogens is 350 g/mol. The molecule has 1 aromatic carbocycles. The first-order valence-electron chi connectivity index (χ1n) is 7.96. The van der Waals surface area contributed by atoms with E-state index in [-0.39, 0.29) is 22.3 Å². The molecule has 2 fully saturated rings. The van der Waals surface area contributed by atoms with Crippen molar-refractivity contribution in [3.05, 3.63) is 29.3 Å². The van der Waals surface area contributed by atoms with Gasteiger partial charge in [0.05, 0.1) is 10.4 Å². The summed E-state index contributed by atoms with van der Waals surface area (Å²) in [5.41, 5.74) is -0.332. The van der Waals surface area contributed by atoms with Crippen LogP contribution in [0, 0.1) is 5.92 Å². The summed E-state index contributed by atoms with van der Waals surface area (Å²) >= 11 is 5.94. The number of rotatable bonds is 3. The molecule has 2 atom stereocenters. The van der Waals surface area contributed by atoms with E-state index in [9.17, 15) is 13.2 Å². The van der Waals surface area contributed by atoms with Gasteiger partial charge in [0.25, 0.3) is 0 Å². The topological polar surface area (TPSA) is 69.7 Å². The minimum Gasteiger partial charge on any atom is -0.349 e. The van der Waals surface area contributed by atoms with Crippen molar-refractivity contribution in [1.82, 2.24) is 14.5 Å². The molecule has 6 nitrogen and oxygen atoms in total. The van der Waals surface area contributed by atoms with E-state index in [2.05, 4.69) is 10.2 Å². The second-order valence-corrected chi connectivity index (χ2v) is 9.18. The molecule has 3 rings (SSSR count). The molecule has 8 heteroatoms. The molecule has 1 N–H and O–H groups in total. The highest BCUT2D eigenvalue weighted by Gasteiger charge is 2.50. The third kappa shape index (κ3) is 3.18. The first kappa shape index (κ1) is 17.7. The van der Waals surface area contributed by atoms with E-state index in [1.165, 1.54) is 17.3 Å². The van der Waals surface area contributed by atoms with Crippen molar-refractivity contribution in [1.29, 1.82) is 0 Å². The van der Waals surface area contributed by atoms with Crippen LogP contribution in [0.15, 0.2) is 29.2 Å². The van der Waals surface area contributed by atoms with E-state index in [4.69, 9.17) is 11.6 Å². The summed E-state index contributed by atoms with van der Waals surface area (Å²) in [4.78, 5) is 14.0. The summed E-state index contributed by atoms with van der Waals surface area (Å²) < 4.78 is 27.3. The molecule has 24 heavy (non-hydrogen) atoms. The van der Waals surface area contributed by atoms with Gasteiger partial charge in [-0.2, -0.15) is 4.31 Å². The van der Waals surface area contributed by atoms with Crippen molar-refractivity contribution < 1.29 is 13.2 Å². The van der Waals surface area contributed by atoms with Gasteiger partial charge in [-0.05, 0) is 31.7 Å². The van der Waals surface area contributed by atoms with Crippen LogP contribution in [-0.2, 0) is 14.8 Å². The van der Waals surface area contributed by atoms with Crippen LogP contribution < -0.4 is 5.32 Å². The van der Waals surface area contributed by atoms with E-state index in [0.29, 0.717) is 24.5 Å². The van der Waals surface area contributed by atoms with Crippen LogP contribution in [0.4, 0.5) is 0 Å². The van der Waals surface area contributed by atoms with Crippen LogP contribution in [0.25, 0.3) is 0 Å². The molecular formula is C16H22ClN3O3S. The number of hydrogen-bond acceptors (Lipinski definition) is 4. The highest BCUT2D eigenvalue weighted by Crippen LogP contribution is 2.36. The zero-order chi connectivity index (χ0) is 17.5. The number of benzene rings is 1. The fourth-order valence-corrected chi connectivity index (χ4v) is 5.74. The van der Waals surface area contributed by atoms with Gasteiger partial charge >= 0.3 is 0 Å². The Kier molecular flexibility index (Phi) is 4.63. The van der Waals surface area contributed by atoms with E-state index in [1.807, 2.05) is 7.05 Å². The molecule has 2 heterocycles. The van der Waals surface area contributed by atoms with Crippen molar-refractivity contribution >= 4 is 27.5 Å². The summed E-state index contributed by atoms with van der Waals surface area (Å²) in [7, 11) is -1.58. The number of carbonyl (C=O) groups is 1. The number of amides is 1. The van der Waals surface area contributed by atoms with Crippen LogP contribution in [0.5, 0.6) is 0 Å². The van der Waals surface area contributed by atoms with E-state index >= 15 is 0 Å². The monoisotopic (exact) mass is 371 g/mol. The average Bonchev–Trinajstić information content (AvgIpc) is 2.80. The van der Waals surface area contributed by atoms with Crippen LogP contribution in [0.3, 0.4) is 0 Å². The van der Waals surface area contributed by atoms with Crippen LogP contribution in [-0.4, -0.2) is 62.3 Å². The number of fused-ring (bicyclic) bond motifs is 1. The quantitative estimate of drug-likeness (QED) is 0.866. The largest absolute Gasteiger partial charge is 0.349 e. The molecule has 132 valence electrons. The van der Waals surface area contributed by atoms with Crippen molar-refractivity contribution in [3.63, 3.8) is 0 Å². The van der Waals surface area contributed by atoms with Gasteiger partial charge in [0.1, 0.15) is 0 Å². The van der Waals surface area contributed by atoms with Gasteiger partial charge in [-0.15, -0.1) is 0 Å². The zero-order valence-electron chi connectivity index (χ0n) is 13.8. The summed E-state index contributed by atoms with van der Waals surface area (Å²) in [6.07, 6.45) is 0.612. The summed E-state index contributed by atoms with van der Waals surface area (Å²) in [6, 6.07) is 6.35. The second-order valence-electron chi connectivity index (χ2n) is 6.80. The molecule has 0 aliphatic carbocycles. The van der Waals surface area contributed by atoms with Gasteiger partial charge in [-0.25, -0.2) is 8.42 Å². The minimum absolute atomic E-state index is 0.0681. The number of sulfonamides is 1. The molecule has 2 aliphatic rings. The van der Waals surface area contributed by atoms with Gasteiger partial charge in [0.2, 0.25) is 15.9 Å². The Hall–Kier alpha value is -1.15. The van der Waals surface area contributed by atoms with Crippen molar-refractivity contribution in [3.8, 4) is 0 Å². The van der Waals surface area contributed by atoms with Crippen LogP contribution in [0.2, 0.25) is 5.02 Å². The Morgan fingerprint density at radius 1 is 1.38 bits per heavy atom. The summed E-state index contributed by atoms with van der Waals surface area (Å²) in [5.74, 6) is 0.00978. The Labute approximate surface area is 147 Å². The molecule has 0 saturated carbocycles. The number of likely N-dealkylation sites (N-methyl/N-ethyl adjacent to an activating group) is 1. The molecule has 1 amide bonds. The number of nitrogens with one attached hydrogen (secondary N) is 1. The van der Waals surface area contributed by atoms with Gasteiger partial charge in [0, 0.05) is 44.0 Å². The molecule has 2 aliphatic heterocycles. The number of carbonyl (C=O) groups excluding carboxylic acids is 1. The normalized spacial score (nSPS) is 28.5. The van der Waals surface area contributed by atoms with E-state index < -0.39 is 10.0 Å². The number of hydrogen-bond donors (Lipinski definition) is 1. The minimum atomic E-state index is -3.58. The lowest BCUT2D eigenvalue weighted by atomic mass is 9.81. The van der Waals surface area contributed by atoms with Gasteiger partial charge in [0.15, 0.2) is 0 Å². The van der Waals surface area contributed by atoms with Crippen molar-refractivity contribution in [2.24, 2.45) is 5.92 Å². The van der Waals surface area contributed by atoms with Crippen LogP contribution >= 0.6 is 11.6 Å². The number of nitrogens with zero attached hydrogens (tertiary/aromatic N) is 2. The second kappa shape index (κ2) is 6.29. The summed E-state index contributed by atoms with van der Waals surface area (Å²) in [6.45, 7) is 3.82. The fraction of sp³-hybridized carbons (Fsp3) is 0.562. The first-order chi connectivity index (χ1) is 11.2. The molecule has 0 radical (unpaired) electrons. The van der Waals surface area contributed by atoms with E-state index in [1.54, 1.807) is 18.2 Å². The SMILES string of the molecule is CC(=O)N[C@@]12CCN(S(=O)(=O)c3cccc(Cl)c3)C[C@@H]1CN(C)C2. The first-order valence-corrected chi connectivity index (χ1v) is 9.78.